The summed E-state index contributed by atoms with van der Waals surface area (Å²) < 4.78 is 2.12. The summed E-state index contributed by atoms with van der Waals surface area (Å²) in [6.45, 7) is 0. The first kappa shape index (κ1) is 15.5. The minimum Gasteiger partial charge on any atom is -0.327 e. The number of anilines is 1. The van der Waals surface area contributed by atoms with E-state index in [9.17, 15) is 24.5 Å². The second kappa shape index (κ2) is 5.33. The predicted molar refractivity (Wildman–Crippen MR) is 84.0 cm³/mol. The molecule has 1 atom stereocenters. The van der Waals surface area contributed by atoms with Gasteiger partial charge in [0.05, 0.1) is 16.5 Å². The van der Waals surface area contributed by atoms with Crippen molar-refractivity contribution in [3.05, 3.63) is 66.3 Å². The van der Waals surface area contributed by atoms with Gasteiger partial charge in [-0.05, 0) is 17.7 Å². The van der Waals surface area contributed by atoms with E-state index in [0.717, 1.165) is 4.57 Å². The molecular weight excluding hydrogens is 318 g/mol. The largest absolute Gasteiger partial charge is 0.332 e. The van der Waals surface area contributed by atoms with Crippen molar-refractivity contribution in [1.29, 1.82) is 0 Å². The Balaban J connectivity index is 2.22. The minimum absolute atomic E-state index is 0.104. The number of nitrogens with one attached hydrogen (secondary N) is 2. The second-order valence-electron chi connectivity index (χ2n) is 5.35. The quantitative estimate of drug-likeness (QED) is 0.601. The van der Waals surface area contributed by atoms with E-state index in [-0.39, 0.29) is 17.1 Å². The molecule has 2 N–H and O–H groups in total. The Bertz CT molecular complexity index is 973. The van der Waals surface area contributed by atoms with Crippen LogP contribution in [0, 0.1) is 10.1 Å². The van der Waals surface area contributed by atoms with Crippen molar-refractivity contribution in [3.63, 3.8) is 0 Å². The summed E-state index contributed by atoms with van der Waals surface area (Å²) in [5.41, 5.74) is -0.541. The number of non-ortho nitro benzene ring substituents is 1. The van der Waals surface area contributed by atoms with Crippen molar-refractivity contribution < 1.29 is 9.72 Å². The lowest BCUT2D eigenvalue weighted by atomic mass is 9.98. The molecule has 1 aliphatic heterocycles. The first-order valence-electron chi connectivity index (χ1n) is 6.93. The Morgan fingerprint density at radius 3 is 2.29 bits per heavy atom. The van der Waals surface area contributed by atoms with E-state index < -0.39 is 28.2 Å². The SMILES string of the molecule is Cn1c2c(c(=O)n(C)c1=O)C(c1ccc([N+](=O)[O-])cc1)NC(=O)N2. The highest BCUT2D eigenvalue weighted by atomic mass is 16.6. The standard InChI is InChI=1S/C14H13N5O5/c1-17-11-9(12(20)18(2)14(17)22)10(15-13(21)16-11)7-3-5-8(6-4-7)19(23)24/h3-6,10H,1-2H3,(H2,15,16,21). The number of amides is 2. The number of nitro groups is 1. The van der Waals surface area contributed by atoms with E-state index in [1.54, 1.807) is 0 Å². The third-order valence-corrected chi connectivity index (χ3v) is 3.93. The number of nitrogens with zero attached hydrogens (tertiary/aromatic N) is 3. The Labute approximate surface area is 134 Å². The molecule has 24 heavy (non-hydrogen) atoms. The Hall–Kier alpha value is -3.43. The molecule has 2 amide bonds. The molecule has 0 spiro atoms. The molecule has 10 heteroatoms. The summed E-state index contributed by atoms with van der Waals surface area (Å²) in [4.78, 5) is 46.6. The molecule has 0 aliphatic carbocycles. The Morgan fingerprint density at radius 1 is 1.08 bits per heavy atom. The fourth-order valence-corrected chi connectivity index (χ4v) is 2.67. The normalized spacial score (nSPS) is 16.1. The topological polar surface area (TPSA) is 128 Å². The van der Waals surface area contributed by atoms with Crippen LogP contribution in [0.25, 0.3) is 0 Å². The smallest absolute Gasteiger partial charge is 0.327 e. The van der Waals surface area contributed by atoms with Gasteiger partial charge in [0.15, 0.2) is 0 Å². The molecule has 2 aromatic rings. The zero-order chi connectivity index (χ0) is 17.6. The van der Waals surface area contributed by atoms with Crippen molar-refractivity contribution in [2.45, 2.75) is 6.04 Å². The van der Waals surface area contributed by atoms with Crippen LogP contribution in [-0.4, -0.2) is 20.1 Å². The molecule has 1 unspecified atom stereocenters. The van der Waals surface area contributed by atoms with E-state index in [4.69, 9.17) is 0 Å². The van der Waals surface area contributed by atoms with Crippen molar-refractivity contribution in [2.75, 3.05) is 5.32 Å². The van der Waals surface area contributed by atoms with Gasteiger partial charge in [-0.3, -0.25) is 29.4 Å². The van der Waals surface area contributed by atoms with E-state index in [1.165, 1.54) is 42.9 Å². The number of hydrogen-bond acceptors (Lipinski definition) is 5. The van der Waals surface area contributed by atoms with Gasteiger partial charge < -0.3 is 5.32 Å². The fraction of sp³-hybridized carbons (Fsp3) is 0.214. The van der Waals surface area contributed by atoms with Gasteiger partial charge in [0.2, 0.25) is 0 Å². The predicted octanol–water partition coefficient (Wildman–Crippen LogP) is 0.217. The van der Waals surface area contributed by atoms with Crippen LogP contribution in [0.3, 0.4) is 0 Å². The van der Waals surface area contributed by atoms with Gasteiger partial charge in [0.25, 0.3) is 11.2 Å². The highest BCUT2D eigenvalue weighted by molar-refractivity contribution is 5.92. The number of nitro benzene ring substituents is 1. The van der Waals surface area contributed by atoms with Crippen LogP contribution in [0.5, 0.6) is 0 Å². The number of urea groups is 1. The summed E-state index contributed by atoms with van der Waals surface area (Å²) in [6, 6.07) is 4.10. The maximum Gasteiger partial charge on any atom is 0.332 e. The molecule has 0 saturated carbocycles. The highest BCUT2D eigenvalue weighted by Gasteiger charge is 2.31. The van der Waals surface area contributed by atoms with Crippen molar-refractivity contribution >= 4 is 17.5 Å². The number of aromatic nitrogens is 2. The number of fused-ring (bicyclic) bond motifs is 1. The third-order valence-electron chi connectivity index (χ3n) is 3.93. The maximum atomic E-state index is 12.5. The van der Waals surface area contributed by atoms with Crippen LogP contribution in [-0.2, 0) is 14.1 Å². The average Bonchev–Trinajstić information content (AvgIpc) is 2.57. The van der Waals surface area contributed by atoms with Crippen LogP contribution in [0.4, 0.5) is 16.3 Å². The highest BCUT2D eigenvalue weighted by Crippen LogP contribution is 2.29. The number of benzene rings is 1. The molecule has 1 aromatic carbocycles. The van der Waals surface area contributed by atoms with E-state index in [0.29, 0.717) is 5.56 Å². The Kier molecular flexibility index (Phi) is 3.44. The van der Waals surface area contributed by atoms with Gasteiger partial charge in [-0.15, -0.1) is 0 Å². The van der Waals surface area contributed by atoms with Crippen LogP contribution in [0.1, 0.15) is 17.2 Å². The summed E-state index contributed by atoms with van der Waals surface area (Å²) in [6.07, 6.45) is 0. The molecule has 0 saturated heterocycles. The lowest BCUT2D eigenvalue weighted by Gasteiger charge is -2.28. The summed E-state index contributed by atoms with van der Waals surface area (Å²) in [5.74, 6) is 0.107. The molecule has 0 bridgehead atoms. The molecule has 124 valence electrons. The van der Waals surface area contributed by atoms with Gasteiger partial charge in [0, 0.05) is 26.2 Å². The number of rotatable bonds is 2. The average molecular weight is 331 g/mol. The number of hydrogen-bond donors (Lipinski definition) is 2. The lowest BCUT2D eigenvalue weighted by Crippen LogP contribution is -2.49. The number of carbonyl (C=O) groups is 1. The van der Waals surface area contributed by atoms with Crippen LogP contribution < -0.4 is 21.9 Å². The monoisotopic (exact) mass is 331 g/mol. The van der Waals surface area contributed by atoms with E-state index >= 15 is 0 Å². The summed E-state index contributed by atoms with van der Waals surface area (Å²) in [7, 11) is 2.79. The van der Waals surface area contributed by atoms with Crippen LogP contribution >= 0.6 is 0 Å². The van der Waals surface area contributed by atoms with Crippen molar-refractivity contribution in [2.24, 2.45) is 14.1 Å². The van der Waals surface area contributed by atoms with Crippen LogP contribution in [0.2, 0.25) is 0 Å². The van der Waals surface area contributed by atoms with E-state index in [2.05, 4.69) is 10.6 Å². The first-order valence-corrected chi connectivity index (χ1v) is 6.93. The van der Waals surface area contributed by atoms with E-state index in [1.807, 2.05) is 0 Å². The lowest BCUT2D eigenvalue weighted by molar-refractivity contribution is -0.384. The van der Waals surface area contributed by atoms with Gasteiger partial charge in [-0.1, -0.05) is 0 Å². The van der Waals surface area contributed by atoms with Gasteiger partial charge in [-0.2, -0.15) is 0 Å². The zero-order valence-corrected chi connectivity index (χ0v) is 12.8. The van der Waals surface area contributed by atoms with Crippen molar-refractivity contribution in [1.82, 2.24) is 14.5 Å². The fourth-order valence-electron chi connectivity index (χ4n) is 2.67. The molecule has 3 rings (SSSR count). The second-order valence-corrected chi connectivity index (χ2v) is 5.35. The summed E-state index contributed by atoms with van der Waals surface area (Å²) >= 11 is 0. The van der Waals surface area contributed by atoms with Crippen LogP contribution in [0.15, 0.2) is 33.9 Å². The Morgan fingerprint density at radius 2 is 1.71 bits per heavy atom. The van der Waals surface area contributed by atoms with Gasteiger partial charge in [-0.25, -0.2) is 9.59 Å². The molecular formula is C14H13N5O5. The molecule has 2 heterocycles. The third kappa shape index (κ3) is 2.24. The van der Waals surface area contributed by atoms with Gasteiger partial charge >= 0.3 is 11.7 Å². The minimum atomic E-state index is -0.819. The molecule has 0 fully saturated rings. The van der Waals surface area contributed by atoms with Gasteiger partial charge in [0.1, 0.15) is 5.82 Å². The maximum absolute atomic E-state index is 12.5. The zero-order valence-electron chi connectivity index (χ0n) is 12.8. The number of carbonyl (C=O) groups excluding carboxylic acids is 1. The summed E-state index contributed by atoms with van der Waals surface area (Å²) in [5, 5.41) is 15.8. The molecule has 1 aromatic heterocycles. The molecule has 0 radical (unpaired) electrons. The molecule has 10 nitrogen and oxygen atoms in total. The first-order chi connectivity index (χ1) is 11.3. The van der Waals surface area contributed by atoms with Crippen molar-refractivity contribution in [3.8, 4) is 0 Å². The molecule has 1 aliphatic rings.